The van der Waals surface area contributed by atoms with E-state index in [1.54, 1.807) is 12.3 Å². The SMILES string of the molecule is CC(C)(C)C1CCC(=O)N(Cc2cnc(Cl)cc2Cl)CC1. The van der Waals surface area contributed by atoms with Crippen LogP contribution in [0.4, 0.5) is 0 Å². The van der Waals surface area contributed by atoms with E-state index >= 15 is 0 Å². The fourth-order valence-electron chi connectivity index (χ4n) is 2.83. The molecule has 5 heteroatoms. The Hall–Kier alpha value is -0.800. The highest BCUT2D eigenvalue weighted by Crippen LogP contribution is 2.35. The van der Waals surface area contributed by atoms with Crippen molar-refractivity contribution in [2.45, 2.75) is 46.6 Å². The number of nitrogens with zero attached hydrogens (tertiary/aromatic N) is 2. The molecule has 116 valence electrons. The van der Waals surface area contributed by atoms with Gasteiger partial charge in [0.05, 0.1) is 5.02 Å². The summed E-state index contributed by atoms with van der Waals surface area (Å²) in [5.41, 5.74) is 1.10. The first-order valence-electron chi connectivity index (χ1n) is 7.35. The number of hydrogen-bond donors (Lipinski definition) is 0. The lowest BCUT2D eigenvalue weighted by Crippen LogP contribution is -2.30. The van der Waals surface area contributed by atoms with Gasteiger partial charge in [0.1, 0.15) is 5.15 Å². The molecular weight excluding hydrogens is 307 g/mol. The molecule has 21 heavy (non-hydrogen) atoms. The standard InChI is InChI=1S/C16H22Cl2N2O/c1-16(2,3)12-4-5-15(21)20(7-6-12)10-11-9-19-14(18)8-13(11)17/h8-9,12H,4-7,10H2,1-3H3. The molecule has 1 unspecified atom stereocenters. The second kappa shape index (κ2) is 6.53. The van der Waals surface area contributed by atoms with Crippen molar-refractivity contribution in [1.29, 1.82) is 0 Å². The summed E-state index contributed by atoms with van der Waals surface area (Å²) in [7, 11) is 0. The van der Waals surface area contributed by atoms with Gasteiger partial charge >= 0.3 is 0 Å². The van der Waals surface area contributed by atoms with Gasteiger partial charge in [-0.15, -0.1) is 0 Å². The maximum atomic E-state index is 12.3. The van der Waals surface area contributed by atoms with Gasteiger partial charge in [-0.3, -0.25) is 4.79 Å². The maximum Gasteiger partial charge on any atom is 0.222 e. The highest BCUT2D eigenvalue weighted by atomic mass is 35.5. The number of aromatic nitrogens is 1. The second-order valence-corrected chi connectivity index (χ2v) is 7.60. The van der Waals surface area contributed by atoms with Crippen LogP contribution in [0.5, 0.6) is 0 Å². The summed E-state index contributed by atoms with van der Waals surface area (Å²) in [6.07, 6.45) is 4.27. The number of carbonyl (C=O) groups is 1. The van der Waals surface area contributed by atoms with Crippen molar-refractivity contribution in [2.24, 2.45) is 11.3 Å². The van der Waals surface area contributed by atoms with Gasteiger partial charge in [0.25, 0.3) is 0 Å². The zero-order valence-corrected chi connectivity index (χ0v) is 14.3. The third-order valence-electron chi connectivity index (χ3n) is 4.29. The van der Waals surface area contributed by atoms with Crippen LogP contribution in [0, 0.1) is 11.3 Å². The van der Waals surface area contributed by atoms with Crippen LogP contribution in [0.15, 0.2) is 12.3 Å². The molecule has 1 amide bonds. The smallest absolute Gasteiger partial charge is 0.222 e. The molecule has 0 aliphatic carbocycles. The van der Waals surface area contributed by atoms with E-state index in [1.165, 1.54) is 0 Å². The molecular formula is C16H22Cl2N2O. The molecule has 1 aromatic rings. The predicted molar refractivity (Wildman–Crippen MR) is 86.5 cm³/mol. The number of amides is 1. The average molecular weight is 329 g/mol. The van der Waals surface area contributed by atoms with Crippen molar-refractivity contribution in [3.05, 3.63) is 28.0 Å². The summed E-state index contributed by atoms with van der Waals surface area (Å²) in [5, 5.41) is 0.943. The molecule has 0 spiro atoms. The molecule has 1 aliphatic heterocycles. The van der Waals surface area contributed by atoms with Crippen LogP contribution >= 0.6 is 23.2 Å². The number of rotatable bonds is 2. The second-order valence-electron chi connectivity index (χ2n) is 6.80. The molecule has 2 rings (SSSR count). The van der Waals surface area contributed by atoms with E-state index in [-0.39, 0.29) is 11.3 Å². The van der Waals surface area contributed by atoms with Gasteiger partial charge in [-0.2, -0.15) is 0 Å². The first kappa shape index (κ1) is 16.6. The van der Waals surface area contributed by atoms with E-state index in [0.717, 1.165) is 24.9 Å². The maximum absolute atomic E-state index is 12.3. The molecule has 0 radical (unpaired) electrons. The average Bonchev–Trinajstić information content (AvgIpc) is 2.55. The van der Waals surface area contributed by atoms with Crippen LogP contribution in [-0.2, 0) is 11.3 Å². The minimum Gasteiger partial charge on any atom is -0.338 e. The van der Waals surface area contributed by atoms with Crippen LogP contribution in [0.2, 0.25) is 10.2 Å². The van der Waals surface area contributed by atoms with Gasteiger partial charge in [-0.1, -0.05) is 44.0 Å². The fraction of sp³-hybridized carbons (Fsp3) is 0.625. The van der Waals surface area contributed by atoms with Crippen LogP contribution in [0.3, 0.4) is 0 Å². The van der Waals surface area contributed by atoms with E-state index in [0.29, 0.717) is 29.1 Å². The van der Waals surface area contributed by atoms with Gasteiger partial charge < -0.3 is 4.90 Å². The minimum absolute atomic E-state index is 0.202. The van der Waals surface area contributed by atoms with Crippen LogP contribution < -0.4 is 0 Å². The Bertz CT molecular complexity index is 525. The van der Waals surface area contributed by atoms with E-state index in [1.807, 2.05) is 4.90 Å². The quantitative estimate of drug-likeness (QED) is 0.745. The summed E-state index contributed by atoms with van der Waals surface area (Å²) in [6.45, 7) is 8.03. The van der Waals surface area contributed by atoms with E-state index in [4.69, 9.17) is 23.2 Å². The number of pyridine rings is 1. The van der Waals surface area contributed by atoms with Crippen molar-refractivity contribution in [1.82, 2.24) is 9.88 Å². The predicted octanol–water partition coefficient (Wildman–Crippen LogP) is 4.56. The number of carbonyl (C=O) groups excluding carboxylic acids is 1. The Kier molecular flexibility index (Phi) is 5.15. The molecule has 1 fully saturated rings. The summed E-state index contributed by atoms with van der Waals surface area (Å²) < 4.78 is 0. The van der Waals surface area contributed by atoms with Crippen molar-refractivity contribution in [3.63, 3.8) is 0 Å². The lowest BCUT2D eigenvalue weighted by atomic mass is 9.77. The molecule has 0 N–H and O–H groups in total. The van der Waals surface area contributed by atoms with Gasteiger partial charge in [0.15, 0.2) is 0 Å². The normalized spacial score (nSPS) is 20.5. The van der Waals surface area contributed by atoms with Gasteiger partial charge in [0.2, 0.25) is 5.91 Å². The number of halogens is 2. The minimum atomic E-state index is 0.202. The summed E-state index contributed by atoms with van der Waals surface area (Å²) in [6, 6.07) is 1.62. The lowest BCUT2D eigenvalue weighted by molar-refractivity contribution is -0.131. The summed E-state index contributed by atoms with van der Waals surface area (Å²) >= 11 is 12.0. The molecule has 3 nitrogen and oxygen atoms in total. The number of hydrogen-bond acceptors (Lipinski definition) is 2. The Morgan fingerprint density at radius 3 is 2.67 bits per heavy atom. The molecule has 0 bridgehead atoms. The van der Waals surface area contributed by atoms with Crippen LogP contribution in [-0.4, -0.2) is 22.3 Å². The van der Waals surface area contributed by atoms with E-state index in [9.17, 15) is 4.79 Å². The molecule has 1 saturated heterocycles. The van der Waals surface area contributed by atoms with Crippen molar-refractivity contribution < 1.29 is 4.79 Å². The van der Waals surface area contributed by atoms with Gasteiger partial charge in [-0.25, -0.2) is 4.98 Å². The van der Waals surface area contributed by atoms with Gasteiger partial charge in [0, 0.05) is 31.3 Å². The largest absolute Gasteiger partial charge is 0.338 e. The van der Waals surface area contributed by atoms with Gasteiger partial charge in [-0.05, 0) is 30.2 Å². The lowest BCUT2D eigenvalue weighted by Gasteiger charge is -2.29. The van der Waals surface area contributed by atoms with Crippen molar-refractivity contribution in [3.8, 4) is 0 Å². The van der Waals surface area contributed by atoms with Crippen molar-refractivity contribution in [2.75, 3.05) is 6.54 Å². The van der Waals surface area contributed by atoms with Crippen molar-refractivity contribution >= 4 is 29.1 Å². The Morgan fingerprint density at radius 1 is 1.33 bits per heavy atom. The highest BCUT2D eigenvalue weighted by molar-refractivity contribution is 6.34. The Labute approximate surface area is 136 Å². The zero-order valence-electron chi connectivity index (χ0n) is 12.8. The molecule has 1 atom stereocenters. The third kappa shape index (κ3) is 4.33. The Morgan fingerprint density at radius 2 is 2.05 bits per heavy atom. The van der Waals surface area contributed by atoms with Crippen LogP contribution in [0.25, 0.3) is 0 Å². The monoisotopic (exact) mass is 328 g/mol. The molecule has 0 aromatic carbocycles. The summed E-state index contributed by atoms with van der Waals surface area (Å²) in [4.78, 5) is 18.2. The van der Waals surface area contributed by atoms with E-state index in [2.05, 4.69) is 25.8 Å². The third-order valence-corrected chi connectivity index (χ3v) is 4.85. The number of likely N-dealkylation sites (tertiary alicyclic amines) is 1. The van der Waals surface area contributed by atoms with E-state index < -0.39 is 0 Å². The highest BCUT2D eigenvalue weighted by Gasteiger charge is 2.30. The first-order chi connectivity index (χ1) is 9.77. The fourth-order valence-corrected chi connectivity index (χ4v) is 3.25. The summed E-state index contributed by atoms with van der Waals surface area (Å²) in [5.74, 6) is 0.776. The topological polar surface area (TPSA) is 33.2 Å². The Balaban J connectivity index is 2.08. The molecule has 1 aliphatic rings. The molecule has 0 saturated carbocycles. The first-order valence-corrected chi connectivity index (χ1v) is 8.10. The molecule has 2 heterocycles. The zero-order chi connectivity index (χ0) is 15.6. The molecule has 1 aromatic heterocycles. The van der Waals surface area contributed by atoms with Crippen LogP contribution in [0.1, 0.15) is 45.6 Å².